The molecule has 0 radical (unpaired) electrons. The van der Waals surface area contributed by atoms with Gasteiger partial charge in [0.2, 0.25) is 0 Å². The molecule has 5 nitrogen and oxygen atoms in total. The molecular weight excluding hydrogens is 310 g/mol. The van der Waals surface area contributed by atoms with Crippen molar-refractivity contribution in [3.63, 3.8) is 0 Å². The molecule has 3 rings (SSSR count). The molecule has 0 aliphatic carbocycles. The zero-order valence-corrected chi connectivity index (χ0v) is 11.8. The van der Waals surface area contributed by atoms with Gasteiger partial charge in [-0.05, 0) is 18.2 Å². The van der Waals surface area contributed by atoms with Gasteiger partial charge in [-0.25, -0.2) is 0 Å². The third-order valence-corrected chi connectivity index (χ3v) is 3.61. The highest BCUT2D eigenvalue weighted by Gasteiger charge is 2.26. The Labute approximate surface area is 118 Å². The number of rotatable bonds is 2. The van der Waals surface area contributed by atoms with E-state index in [9.17, 15) is 4.79 Å². The largest absolute Gasteiger partial charge is 0.491 e. The van der Waals surface area contributed by atoms with Crippen LogP contribution in [-0.2, 0) is 7.05 Å². The Morgan fingerprint density at radius 3 is 3.11 bits per heavy atom. The maximum Gasteiger partial charge on any atom is 0.270 e. The maximum atomic E-state index is 12.1. The fraction of sp³-hybridized carbons (Fsp3) is 0.231. The SMILES string of the molecule is Cn1nccc1C(=O)NC1COc2cc(Br)ccc21. The van der Waals surface area contributed by atoms with E-state index in [0.717, 1.165) is 15.8 Å². The molecule has 1 aromatic carbocycles. The van der Waals surface area contributed by atoms with Crippen molar-refractivity contribution in [3.8, 4) is 5.75 Å². The summed E-state index contributed by atoms with van der Waals surface area (Å²) in [5.41, 5.74) is 1.53. The van der Waals surface area contributed by atoms with Crippen LogP contribution < -0.4 is 10.1 Å². The van der Waals surface area contributed by atoms with Crippen molar-refractivity contribution >= 4 is 21.8 Å². The van der Waals surface area contributed by atoms with Gasteiger partial charge in [0.1, 0.15) is 18.1 Å². The van der Waals surface area contributed by atoms with E-state index < -0.39 is 0 Å². The third-order valence-electron chi connectivity index (χ3n) is 3.12. The van der Waals surface area contributed by atoms with E-state index in [1.54, 1.807) is 24.0 Å². The summed E-state index contributed by atoms with van der Waals surface area (Å²) in [6, 6.07) is 7.38. The first-order chi connectivity index (χ1) is 9.15. The maximum absolute atomic E-state index is 12.1. The van der Waals surface area contributed by atoms with Crippen molar-refractivity contribution in [1.82, 2.24) is 15.1 Å². The number of carbonyl (C=O) groups is 1. The van der Waals surface area contributed by atoms with E-state index in [0.29, 0.717) is 12.3 Å². The Kier molecular flexibility index (Phi) is 3.02. The van der Waals surface area contributed by atoms with Gasteiger partial charge in [0, 0.05) is 23.3 Å². The van der Waals surface area contributed by atoms with Gasteiger partial charge in [-0.15, -0.1) is 0 Å². The highest BCUT2D eigenvalue weighted by atomic mass is 79.9. The van der Waals surface area contributed by atoms with Gasteiger partial charge < -0.3 is 10.1 Å². The molecule has 1 aliphatic heterocycles. The minimum absolute atomic E-state index is 0.120. The molecule has 2 aromatic rings. The molecule has 0 fully saturated rings. The number of aryl methyl sites for hydroxylation is 1. The van der Waals surface area contributed by atoms with Crippen molar-refractivity contribution in [2.45, 2.75) is 6.04 Å². The Morgan fingerprint density at radius 1 is 1.53 bits per heavy atom. The van der Waals surface area contributed by atoms with Crippen LogP contribution in [0.4, 0.5) is 0 Å². The molecule has 1 aromatic heterocycles. The van der Waals surface area contributed by atoms with Crippen LogP contribution in [0.2, 0.25) is 0 Å². The average Bonchev–Trinajstić information content (AvgIpc) is 2.96. The lowest BCUT2D eigenvalue weighted by Crippen LogP contribution is -2.30. The normalized spacial score (nSPS) is 16.8. The van der Waals surface area contributed by atoms with Crippen LogP contribution in [0.3, 0.4) is 0 Å². The Bertz CT molecular complexity index is 639. The van der Waals surface area contributed by atoms with E-state index in [1.807, 2.05) is 18.2 Å². The second-order valence-electron chi connectivity index (χ2n) is 4.36. The lowest BCUT2D eigenvalue weighted by atomic mass is 10.1. The summed E-state index contributed by atoms with van der Waals surface area (Å²) in [4.78, 5) is 12.1. The lowest BCUT2D eigenvalue weighted by Gasteiger charge is -2.11. The number of nitrogens with one attached hydrogen (secondary N) is 1. The quantitative estimate of drug-likeness (QED) is 0.921. The number of carbonyl (C=O) groups excluding carboxylic acids is 1. The van der Waals surface area contributed by atoms with Crippen LogP contribution in [0, 0.1) is 0 Å². The molecule has 19 heavy (non-hydrogen) atoms. The van der Waals surface area contributed by atoms with Gasteiger partial charge in [-0.2, -0.15) is 5.10 Å². The van der Waals surface area contributed by atoms with E-state index in [1.165, 1.54) is 0 Å². The van der Waals surface area contributed by atoms with E-state index in [2.05, 4.69) is 26.3 Å². The molecule has 6 heteroatoms. The van der Waals surface area contributed by atoms with Gasteiger partial charge in [0.15, 0.2) is 0 Å². The molecule has 2 heterocycles. The van der Waals surface area contributed by atoms with Crippen molar-refractivity contribution in [2.75, 3.05) is 6.61 Å². The molecule has 1 aliphatic rings. The number of amides is 1. The van der Waals surface area contributed by atoms with Gasteiger partial charge in [0.05, 0.1) is 6.04 Å². The molecule has 0 saturated heterocycles. The number of fused-ring (bicyclic) bond motifs is 1. The van der Waals surface area contributed by atoms with Crippen molar-refractivity contribution in [3.05, 3.63) is 46.2 Å². The fourth-order valence-electron chi connectivity index (χ4n) is 2.13. The smallest absolute Gasteiger partial charge is 0.270 e. The molecular formula is C13H12BrN3O2. The summed E-state index contributed by atoms with van der Waals surface area (Å²) < 4.78 is 8.09. The van der Waals surface area contributed by atoms with Crippen molar-refractivity contribution in [2.24, 2.45) is 7.05 Å². The molecule has 1 unspecified atom stereocenters. The lowest BCUT2D eigenvalue weighted by molar-refractivity contribution is 0.0921. The molecule has 98 valence electrons. The highest BCUT2D eigenvalue weighted by Crippen LogP contribution is 2.34. The predicted molar refractivity (Wildman–Crippen MR) is 73.1 cm³/mol. The van der Waals surface area contributed by atoms with Crippen LogP contribution >= 0.6 is 15.9 Å². The van der Waals surface area contributed by atoms with Gasteiger partial charge in [0.25, 0.3) is 5.91 Å². The zero-order chi connectivity index (χ0) is 13.4. The summed E-state index contributed by atoms with van der Waals surface area (Å²) in [7, 11) is 1.74. The summed E-state index contributed by atoms with van der Waals surface area (Å²) in [6.45, 7) is 0.454. The van der Waals surface area contributed by atoms with Crippen molar-refractivity contribution < 1.29 is 9.53 Å². The van der Waals surface area contributed by atoms with Crippen LogP contribution in [0.15, 0.2) is 34.9 Å². The van der Waals surface area contributed by atoms with Crippen molar-refractivity contribution in [1.29, 1.82) is 0 Å². The second-order valence-corrected chi connectivity index (χ2v) is 5.27. The number of benzene rings is 1. The number of hydrogen-bond acceptors (Lipinski definition) is 3. The standard InChI is InChI=1S/C13H12BrN3O2/c1-17-11(4-5-15-17)13(18)16-10-7-19-12-6-8(14)2-3-9(10)12/h2-6,10H,7H2,1H3,(H,16,18). The van der Waals surface area contributed by atoms with Crippen LogP contribution in [-0.4, -0.2) is 22.3 Å². The van der Waals surface area contributed by atoms with E-state index in [-0.39, 0.29) is 11.9 Å². The summed E-state index contributed by atoms with van der Waals surface area (Å²) >= 11 is 3.40. The van der Waals surface area contributed by atoms with E-state index in [4.69, 9.17) is 4.74 Å². The molecule has 0 spiro atoms. The van der Waals surface area contributed by atoms with Crippen LogP contribution in [0.1, 0.15) is 22.1 Å². The van der Waals surface area contributed by atoms with Crippen LogP contribution in [0.25, 0.3) is 0 Å². The molecule has 1 amide bonds. The molecule has 0 saturated carbocycles. The van der Waals surface area contributed by atoms with E-state index >= 15 is 0 Å². The minimum atomic E-state index is -0.149. The zero-order valence-electron chi connectivity index (χ0n) is 10.3. The number of nitrogens with zero attached hydrogens (tertiary/aromatic N) is 2. The third kappa shape index (κ3) is 2.23. The van der Waals surface area contributed by atoms with Gasteiger partial charge in [-0.3, -0.25) is 9.48 Å². The second kappa shape index (κ2) is 4.70. The fourth-order valence-corrected chi connectivity index (χ4v) is 2.47. The Morgan fingerprint density at radius 2 is 2.37 bits per heavy atom. The summed E-state index contributed by atoms with van der Waals surface area (Å²) in [5, 5.41) is 6.94. The summed E-state index contributed by atoms with van der Waals surface area (Å²) in [5.74, 6) is 0.661. The minimum Gasteiger partial charge on any atom is -0.491 e. The molecule has 0 bridgehead atoms. The highest BCUT2D eigenvalue weighted by molar-refractivity contribution is 9.10. The molecule has 1 atom stereocenters. The Balaban J connectivity index is 1.80. The number of hydrogen-bond donors (Lipinski definition) is 1. The predicted octanol–water partition coefficient (Wildman–Crippen LogP) is 2.05. The summed E-state index contributed by atoms with van der Waals surface area (Å²) in [6.07, 6.45) is 1.60. The number of ether oxygens (including phenoxy) is 1. The topological polar surface area (TPSA) is 56.2 Å². The molecule has 1 N–H and O–H groups in total. The first-order valence-corrected chi connectivity index (χ1v) is 6.65. The number of aromatic nitrogens is 2. The first kappa shape index (κ1) is 12.2. The monoisotopic (exact) mass is 321 g/mol. The van der Waals surface area contributed by atoms with Gasteiger partial charge in [-0.1, -0.05) is 22.0 Å². The Hall–Kier alpha value is -1.82. The van der Waals surface area contributed by atoms with Crippen LogP contribution in [0.5, 0.6) is 5.75 Å². The number of halogens is 1. The van der Waals surface area contributed by atoms with Gasteiger partial charge >= 0.3 is 0 Å². The average molecular weight is 322 g/mol. The first-order valence-electron chi connectivity index (χ1n) is 5.86.